The summed E-state index contributed by atoms with van der Waals surface area (Å²) in [7, 11) is 0. The molecule has 1 aromatic carbocycles. The van der Waals surface area contributed by atoms with Crippen LogP contribution in [0.3, 0.4) is 0 Å². The van der Waals surface area contributed by atoms with E-state index in [0.717, 1.165) is 11.3 Å². The fourth-order valence-corrected chi connectivity index (χ4v) is 1.72. The standard InChI is InChI=1S/C14H14N4/c1-9-4-11(3)13(5-10(9)2)18-14-6-12(7-15)16-8-17-14/h4-6,8H,1-3H3,(H,16,17,18). The van der Waals surface area contributed by atoms with Gasteiger partial charge in [0.05, 0.1) is 0 Å². The highest BCUT2D eigenvalue weighted by atomic mass is 15.0. The van der Waals surface area contributed by atoms with Gasteiger partial charge >= 0.3 is 0 Å². The minimum absolute atomic E-state index is 0.356. The van der Waals surface area contributed by atoms with E-state index in [1.807, 2.05) is 13.0 Å². The summed E-state index contributed by atoms with van der Waals surface area (Å²) in [5, 5.41) is 12.0. The Morgan fingerprint density at radius 1 is 1.00 bits per heavy atom. The van der Waals surface area contributed by atoms with Crippen molar-refractivity contribution in [2.75, 3.05) is 5.32 Å². The average molecular weight is 238 g/mol. The molecule has 1 heterocycles. The van der Waals surface area contributed by atoms with Crippen LogP contribution in [0.1, 0.15) is 22.4 Å². The van der Waals surface area contributed by atoms with Crippen LogP contribution in [0.25, 0.3) is 0 Å². The summed E-state index contributed by atoms with van der Waals surface area (Å²) in [4.78, 5) is 7.94. The zero-order valence-electron chi connectivity index (χ0n) is 10.7. The van der Waals surface area contributed by atoms with Crippen molar-refractivity contribution in [2.24, 2.45) is 0 Å². The van der Waals surface area contributed by atoms with Gasteiger partial charge in [0, 0.05) is 11.8 Å². The first-order valence-corrected chi connectivity index (χ1v) is 5.67. The third-order valence-corrected chi connectivity index (χ3v) is 2.89. The first kappa shape index (κ1) is 12.1. The minimum Gasteiger partial charge on any atom is -0.340 e. The number of rotatable bonds is 2. The Morgan fingerprint density at radius 2 is 1.72 bits per heavy atom. The highest BCUT2D eigenvalue weighted by molar-refractivity contribution is 5.62. The Bertz CT molecular complexity index is 626. The van der Waals surface area contributed by atoms with Gasteiger partial charge in [0.15, 0.2) is 0 Å². The van der Waals surface area contributed by atoms with Gasteiger partial charge in [0.1, 0.15) is 23.9 Å². The molecule has 2 aromatic rings. The maximum atomic E-state index is 8.80. The van der Waals surface area contributed by atoms with Crippen LogP contribution in [-0.2, 0) is 0 Å². The molecule has 0 aliphatic rings. The molecule has 0 amide bonds. The third-order valence-electron chi connectivity index (χ3n) is 2.89. The Labute approximate surface area is 106 Å². The Hall–Kier alpha value is -2.41. The van der Waals surface area contributed by atoms with Crippen LogP contribution >= 0.6 is 0 Å². The first-order chi connectivity index (χ1) is 8.60. The van der Waals surface area contributed by atoms with E-state index in [2.05, 4.69) is 41.3 Å². The number of aromatic nitrogens is 2. The summed E-state index contributed by atoms with van der Waals surface area (Å²) in [5.74, 6) is 0.632. The third kappa shape index (κ3) is 2.46. The SMILES string of the molecule is Cc1cc(C)c(Nc2cc(C#N)ncn2)cc1C. The van der Waals surface area contributed by atoms with Gasteiger partial charge in [0.25, 0.3) is 0 Å². The van der Waals surface area contributed by atoms with Crippen LogP contribution in [0, 0.1) is 32.1 Å². The van der Waals surface area contributed by atoms with E-state index < -0.39 is 0 Å². The molecule has 90 valence electrons. The molecule has 0 saturated carbocycles. The summed E-state index contributed by atoms with van der Waals surface area (Å²) >= 11 is 0. The fraction of sp³-hybridized carbons (Fsp3) is 0.214. The Kier molecular flexibility index (Phi) is 3.24. The maximum Gasteiger partial charge on any atom is 0.145 e. The number of hydrogen-bond donors (Lipinski definition) is 1. The lowest BCUT2D eigenvalue weighted by atomic mass is 10.1. The first-order valence-electron chi connectivity index (χ1n) is 5.67. The molecular formula is C14H14N4. The van der Waals surface area contributed by atoms with E-state index in [4.69, 9.17) is 5.26 Å². The van der Waals surface area contributed by atoms with Crippen molar-refractivity contribution in [3.8, 4) is 6.07 Å². The molecule has 0 unspecified atom stereocenters. The second-order valence-corrected chi connectivity index (χ2v) is 4.28. The van der Waals surface area contributed by atoms with Gasteiger partial charge in [-0.15, -0.1) is 0 Å². The number of nitrogens with one attached hydrogen (secondary N) is 1. The molecule has 0 radical (unpaired) electrons. The van der Waals surface area contributed by atoms with E-state index in [1.54, 1.807) is 6.07 Å². The van der Waals surface area contributed by atoms with Crippen molar-refractivity contribution in [3.05, 3.63) is 46.9 Å². The topological polar surface area (TPSA) is 61.6 Å². The molecule has 1 N–H and O–H groups in total. The zero-order valence-corrected chi connectivity index (χ0v) is 10.7. The lowest BCUT2D eigenvalue weighted by molar-refractivity contribution is 1.14. The van der Waals surface area contributed by atoms with Crippen LogP contribution < -0.4 is 5.32 Å². The number of benzene rings is 1. The second kappa shape index (κ2) is 4.84. The normalized spacial score (nSPS) is 9.89. The molecule has 0 atom stereocenters. The Morgan fingerprint density at radius 3 is 2.44 bits per heavy atom. The largest absolute Gasteiger partial charge is 0.340 e. The molecule has 0 aliphatic carbocycles. The van der Waals surface area contributed by atoms with E-state index in [-0.39, 0.29) is 0 Å². The summed E-state index contributed by atoms with van der Waals surface area (Å²) in [5.41, 5.74) is 4.99. The summed E-state index contributed by atoms with van der Waals surface area (Å²) in [6.45, 7) is 6.20. The van der Waals surface area contributed by atoms with Gasteiger partial charge in [-0.2, -0.15) is 5.26 Å². The van der Waals surface area contributed by atoms with Crippen LogP contribution in [-0.4, -0.2) is 9.97 Å². The quantitative estimate of drug-likeness (QED) is 0.873. The van der Waals surface area contributed by atoms with E-state index >= 15 is 0 Å². The highest BCUT2D eigenvalue weighted by Crippen LogP contribution is 2.23. The van der Waals surface area contributed by atoms with Gasteiger partial charge in [-0.25, -0.2) is 9.97 Å². The molecule has 0 spiro atoms. The summed E-state index contributed by atoms with van der Waals surface area (Å²) in [6.07, 6.45) is 1.39. The van der Waals surface area contributed by atoms with Gasteiger partial charge < -0.3 is 5.32 Å². The lowest BCUT2D eigenvalue weighted by Crippen LogP contribution is -1.98. The number of anilines is 2. The van der Waals surface area contributed by atoms with Crippen LogP contribution in [0.4, 0.5) is 11.5 Å². The molecule has 0 saturated heterocycles. The number of hydrogen-bond acceptors (Lipinski definition) is 4. The molecule has 0 bridgehead atoms. The molecule has 1 aromatic heterocycles. The van der Waals surface area contributed by atoms with Crippen LogP contribution in [0.15, 0.2) is 24.5 Å². The highest BCUT2D eigenvalue weighted by Gasteiger charge is 2.04. The van der Waals surface area contributed by atoms with E-state index in [1.165, 1.54) is 17.5 Å². The molecule has 2 rings (SSSR count). The molecule has 4 nitrogen and oxygen atoms in total. The maximum absolute atomic E-state index is 8.80. The van der Waals surface area contributed by atoms with Crippen LogP contribution in [0.5, 0.6) is 0 Å². The second-order valence-electron chi connectivity index (χ2n) is 4.28. The predicted octanol–water partition coefficient (Wildman–Crippen LogP) is 3.02. The molecule has 0 aliphatic heterocycles. The van der Waals surface area contributed by atoms with Gasteiger partial charge in [-0.05, 0) is 43.5 Å². The van der Waals surface area contributed by atoms with Crippen molar-refractivity contribution < 1.29 is 0 Å². The van der Waals surface area contributed by atoms with Gasteiger partial charge in [-0.3, -0.25) is 0 Å². The number of nitrogens with zero attached hydrogens (tertiary/aromatic N) is 3. The van der Waals surface area contributed by atoms with Crippen LogP contribution in [0.2, 0.25) is 0 Å². The van der Waals surface area contributed by atoms with Gasteiger partial charge in [0.2, 0.25) is 0 Å². The Balaban J connectivity index is 2.34. The van der Waals surface area contributed by atoms with Crippen molar-refractivity contribution in [3.63, 3.8) is 0 Å². The van der Waals surface area contributed by atoms with Crippen molar-refractivity contribution >= 4 is 11.5 Å². The van der Waals surface area contributed by atoms with Crippen molar-refractivity contribution in [2.45, 2.75) is 20.8 Å². The predicted molar refractivity (Wildman–Crippen MR) is 70.7 cm³/mol. The minimum atomic E-state index is 0.356. The molecular weight excluding hydrogens is 224 g/mol. The molecule has 4 heteroatoms. The van der Waals surface area contributed by atoms with Crippen molar-refractivity contribution in [1.29, 1.82) is 5.26 Å². The summed E-state index contributed by atoms with van der Waals surface area (Å²) < 4.78 is 0. The van der Waals surface area contributed by atoms with Crippen molar-refractivity contribution in [1.82, 2.24) is 9.97 Å². The monoisotopic (exact) mass is 238 g/mol. The molecule has 18 heavy (non-hydrogen) atoms. The fourth-order valence-electron chi connectivity index (χ4n) is 1.72. The van der Waals surface area contributed by atoms with E-state index in [0.29, 0.717) is 11.5 Å². The van der Waals surface area contributed by atoms with Gasteiger partial charge in [-0.1, -0.05) is 6.07 Å². The van der Waals surface area contributed by atoms with E-state index in [9.17, 15) is 0 Å². The number of nitriles is 1. The molecule has 0 fully saturated rings. The number of aryl methyl sites for hydroxylation is 3. The zero-order chi connectivity index (χ0) is 13.1. The average Bonchev–Trinajstić information content (AvgIpc) is 2.36. The smallest absolute Gasteiger partial charge is 0.145 e. The lowest BCUT2D eigenvalue weighted by Gasteiger charge is -2.11. The summed E-state index contributed by atoms with van der Waals surface area (Å²) in [6, 6.07) is 7.84.